The molecular formula is C33H44ClN5O5. The monoisotopic (exact) mass is 625 g/mol. The van der Waals surface area contributed by atoms with E-state index in [9.17, 15) is 24.0 Å². The number of nitrogens with one attached hydrogen (secondary N) is 4. The molecule has 4 N–H and O–H groups in total. The van der Waals surface area contributed by atoms with Crippen LogP contribution in [0.4, 0.5) is 0 Å². The molecule has 1 aromatic carbocycles. The van der Waals surface area contributed by atoms with E-state index in [1.807, 2.05) is 45.9 Å². The molecule has 10 nitrogen and oxygen atoms in total. The zero-order valence-electron chi connectivity index (χ0n) is 26.4. The van der Waals surface area contributed by atoms with Gasteiger partial charge in [-0.05, 0) is 66.5 Å². The maximum absolute atomic E-state index is 14.3. The number of hydrogen-bond donors (Lipinski definition) is 4. The first-order chi connectivity index (χ1) is 20.6. The average molecular weight is 626 g/mol. The number of aryl methyl sites for hydroxylation is 1. The van der Waals surface area contributed by atoms with Crippen molar-refractivity contribution in [1.29, 1.82) is 0 Å². The van der Waals surface area contributed by atoms with Gasteiger partial charge < -0.3 is 25.8 Å². The van der Waals surface area contributed by atoms with Crippen LogP contribution in [0.1, 0.15) is 69.9 Å². The summed E-state index contributed by atoms with van der Waals surface area (Å²) in [6.45, 7) is 12.8. The first kappa shape index (κ1) is 32.0. The maximum atomic E-state index is 14.3. The summed E-state index contributed by atoms with van der Waals surface area (Å²) in [5, 5.41) is 9.60. The SMILES string of the molecule is Cc1cccc2[nH]c(C(=O)N[C@H](C(=O)N3C[C@H]4[C@@H]([C@H]3C(=O)NC(C[C@@H]3CCCNC3=O)C(=O)CCl)C4(C)C)C(C)(C)C)cc12. The van der Waals surface area contributed by atoms with Crippen molar-refractivity contribution >= 4 is 51.9 Å². The third kappa shape index (κ3) is 5.97. The fourth-order valence-corrected chi connectivity index (χ4v) is 7.42. The number of carbonyl (C=O) groups excluding carboxylic acids is 5. The highest BCUT2D eigenvalue weighted by Crippen LogP contribution is 2.65. The van der Waals surface area contributed by atoms with E-state index in [0.717, 1.165) is 22.9 Å². The Morgan fingerprint density at radius 3 is 2.52 bits per heavy atom. The van der Waals surface area contributed by atoms with Gasteiger partial charge in [-0.25, -0.2) is 0 Å². The molecular weight excluding hydrogens is 582 g/mol. The number of aromatic nitrogens is 1. The minimum atomic E-state index is -0.935. The second-order valence-electron chi connectivity index (χ2n) is 14.4. The minimum absolute atomic E-state index is 0.0933. The molecule has 2 aliphatic heterocycles. The number of carbonyl (C=O) groups is 5. The number of nitrogens with zero attached hydrogens (tertiary/aromatic N) is 1. The maximum Gasteiger partial charge on any atom is 0.268 e. The molecule has 6 atom stereocenters. The molecule has 0 radical (unpaired) electrons. The van der Waals surface area contributed by atoms with Crippen LogP contribution in [0.5, 0.6) is 0 Å². The molecule has 0 spiro atoms. The summed E-state index contributed by atoms with van der Waals surface area (Å²) in [5.74, 6) is -2.35. The predicted octanol–water partition coefficient (Wildman–Crippen LogP) is 3.31. The van der Waals surface area contributed by atoms with E-state index in [1.54, 1.807) is 11.0 Å². The highest BCUT2D eigenvalue weighted by Gasteiger charge is 2.70. The third-order valence-corrected chi connectivity index (χ3v) is 10.3. The molecule has 4 amide bonds. The Bertz CT molecular complexity index is 1490. The van der Waals surface area contributed by atoms with Crippen LogP contribution in [0, 0.1) is 35.5 Å². The topological polar surface area (TPSA) is 140 Å². The van der Waals surface area contributed by atoms with E-state index in [-0.39, 0.29) is 47.1 Å². The van der Waals surface area contributed by atoms with Crippen molar-refractivity contribution in [2.45, 2.75) is 78.9 Å². The number of hydrogen-bond acceptors (Lipinski definition) is 5. The number of halogens is 1. The molecule has 11 heteroatoms. The molecule has 1 aromatic heterocycles. The van der Waals surface area contributed by atoms with Crippen molar-refractivity contribution in [3.63, 3.8) is 0 Å². The highest BCUT2D eigenvalue weighted by atomic mass is 35.5. The number of rotatable bonds is 9. The van der Waals surface area contributed by atoms with Crippen LogP contribution < -0.4 is 16.0 Å². The molecule has 1 saturated carbocycles. The first-order valence-electron chi connectivity index (χ1n) is 15.5. The third-order valence-electron chi connectivity index (χ3n) is 10.0. The summed E-state index contributed by atoms with van der Waals surface area (Å²) in [4.78, 5) is 71.8. The van der Waals surface area contributed by atoms with Crippen LogP contribution in [-0.4, -0.2) is 76.4 Å². The summed E-state index contributed by atoms with van der Waals surface area (Å²) in [6.07, 6.45) is 1.58. The number of ketones is 1. The Labute approximate surface area is 263 Å². The van der Waals surface area contributed by atoms with Gasteiger partial charge in [-0.1, -0.05) is 46.8 Å². The summed E-state index contributed by atoms with van der Waals surface area (Å²) >= 11 is 5.92. The van der Waals surface area contributed by atoms with Gasteiger partial charge >= 0.3 is 0 Å². The smallest absolute Gasteiger partial charge is 0.268 e. The number of aromatic amines is 1. The van der Waals surface area contributed by atoms with Gasteiger partial charge in [-0.2, -0.15) is 0 Å². The zero-order chi connectivity index (χ0) is 32.1. The minimum Gasteiger partial charge on any atom is -0.356 e. The Kier molecular flexibility index (Phi) is 8.61. The van der Waals surface area contributed by atoms with Crippen LogP contribution in [-0.2, 0) is 19.2 Å². The van der Waals surface area contributed by atoms with Crippen molar-refractivity contribution in [1.82, 2.24) is 25.8 Å². The van der Waals surface area contributed by atoms with E-state index in [4.69, 9.17) is 11.6 Å². The van der Waals surface area contributed by atoms with Gasteiger partial charge in [0.2, 0.25) is 17.7 Å². The largest absolute Gasteiger partial charge is 0.356 e. The molecule has 44 heavy (non-hydrogen) atoms. The second kappa shape index (κ2) is 11.8. The average Bonchev–Trinajstić information content (AvgIpc) is 3.34. The van der Waals surface area contributed by atoms with Gasteiger partial charge in [0.05, 0.1) is 11.9 Å². The Balaban J connectivity index is 1.37. The van der Waals surface area contributed by atoms with Crippen molar-refractivity contribution < 1.29 is 24.0 Å². The number of piperidine rings is 2. The van der Waals surface area contributed by atoms with Crippen LogP contribution in [0.25, 0.3) is 10.9 Å². The molecule has 238 valence electrons. The van der Waals surface area contributed by atoms with Crippen LogP contribution >= 0.6 is 11.6 Å². The zero-order valence-corrected chi connectivity index (χ0v) is 27.1. The van der Waals surface area contributed by atoms with E-state index in [0.29, 0.717) is 25.2 Å². The first-order valence-corrected chi connectivity index (χ1v) is 16.0. The van der Waals surface area contributed by atoms with E-state index < -0.39 is 41.3 Å². The number of amides is 4. The molecule has 3 aliphatic rings. The Hall–Kier alpha value is -3.40. The van der Waals surface area contributed by atoms with Crippen molar-refractivity contribution in [3.8, 4) is 0 Å². The number of likely N-dealkylation sites (tertiary alicyclic amines) is 1. The lowest BCUT2D eigenvalue weighted by Gasteiger charge is -2.38. The normalized spacial score (nSPS) is 25.5. The lowest BCUT2D eigenvalue weighted by molar-refractivity contribution is -0.144. The molecule has 1 unspecified atom stereocenters. The van der Waals surface area contributed by atoms with Gasteiger partial charge in [-0.3, -0.25) is 24.0 Å². The fourth-order valence-electron chi connectivity index (χ4n) is 7.23. The molecule has 3 fully saturated rings. The summed E-state index contributed by atoms with van der Waals surface area (Å²) in [6, 6.07) is 4.91. The lowest BCUT2D eigenvalue weighted by atomic mass is 9.85. The van der Waals surface area contributed by atoms with Crippen LogP contribution in [0.3, 0.4) is 0 Å². The van der Waals surface area contributed by atoms with Gasteiger partial charge in [0.25, 0.3) is 5.91 Å². The van der Waals surface area contributed by atoms with Crippen LogP contribution in [0.2, 0.25) is 0 Å². The second-order valence-corrected chi connectivity index (χ2v) is 14.7. The van der Waals surface area contributed by atoms with Gasteiger partial charge in [0.1, 0.15) is 17.8 Å². The van der Waals surface area contributed by atoms with E-state index >= 15 is 0 Å². The summed E-state index contributed by atoms with van der Waals surface area (Å²) in [7, 11) is 0. The number of fused-ring (bicyclic) bond motifs is 2. The van der Waals surface area contributed by atoms with E-state index in [2.05, 4.69) is 34.8 Å². The van der Waals surface area contributed by atoms with Crippen LogP contribution in [0.15, 0.2) is 24.3 Å². The summed E-state index contributed by atoms with van der Waals surface area (Å²) in [5.41, 5.74) is 1.40. The molecule has 2 aromatic rings. The van der Waals surface area contributed by atoms with Gasteiger partial charge in [0.15, 0.2) is 5.78 Å². The molecule has 1 aliphatic carbocycles. The number of benzene rings is 1. The number of H-pyrrole nitrogens is 1. The summed E-state index contributed by atoms with van der Waals surface area (Å²) < 4.78 is 0. The van der Waals surface area contributed by atoms with Crippen molar-refractivity contribution in [2.24, 2.45) is 28.6 Å². The molecule has 0 bridgehead atoms. The van der Waals surface area contributed by atoms with E-state index in [1.165, 1.54) is 0 Å². The van der Waals surface area contributed by atoms with Gasteiger partial charge in [-0.15, -0.1) is 11.6 Å². The Morgan fingerprint density at radius 2 is 1.89 bits per heavy atom. The fraction of sp³-hybridized carbons (Fsp3) is 0.606. The number of alkyl halides is 1. The quantitative estimate of drug-likeness (QED) is 0.317. The molecule has 3 heterocycles. The lowest BCUT2D eigenvalue weighted by Crippen LogP contribution is -2.60. The number of Topliss-reactive ketones (excluding diaryl/α,β-unsaturated/α-hetero) is 1. The standard InChI is InChI=1S/C33H44ClN5O5/c1-17-9-7-11-21-19(17)14-23(36-21)29(42)38-27(32(2,3)4)31(44)39-16-20-25(33(20,5)6)26(39)30(43)37-22(24(40)15-34)13-18-10-8-12-35-28(18)41/h7,9,11,14,18,20,22,25-27,36H,8,10,12-13,15-16H2,1-6H3,(H,35,41)(H,37,43)(H,38,42)/t18-,20-,22?,25-,26-,27+/m0/s1. The van der Waals surface area contributed by atoms with Crippen molar-refractivity contribution in [2.75, 3.05) is 19.0 Å². The van der Waals surface area contributed by atoms with Gasteiger partial charge in [0, 0.05) is 29.9 Å². The van der Waals surface area contributed by atoms with Crippen molar-refractivity contribution in [3.05, 3.63) is 35.5 Å². The predicted molar refractivity (Wildman–Crippen MR) is 168 cm³/mol. The Morgan fingerprint density at radius 1 is 1.16 bits per heavy atom. The highest BCUT2D eigenvalue weighted by molar-refractivity contribution is 6.28. The molecule has 2 saturated heterocycles. The molecule has 5 rings (SSSR count).